The second kappa shape index (κ2) is 9.79. The van der Waals surface area contributed by atoms with Gasteiger partial charge in [0.15, 0.2) is 5.96 Å². The number of aliphatic imine (C=N–C) groups is 1. The molecule has 0 unspecified atom stereocenters. The zero-order valence-corrected chi connectivity index (χ0v) is 18.3. The van der Waals surface area contributed by atoms with Crippen LogP contribution in [0.3, 0.4) is 0 Å². The van der Waals surface area contributed by atoms with Gasteiger partial charge >= 0.3 is 0 Å². The number of hydrogen-bond acceptors (Lipinski definition) is 4. The number of piperazine rings is 1. The van der Waals surface area contributed by atoms with E-state index in [2.05, 4.69) is 9.89 Å². The maximum absolute atomic E-state index is 11.7. The molecule has 0 bridgehead atoms. The molecule has 10 heteroatoms. The molecule has 0 amide bonds. The van der Waals surface area contributed by atoms with Crippen molar-refractivity contribution >= 4 is 57.2 Å². The van der Waals surface area contributed by atoms with Gasteiger partial charge in [-0.2, -0.15) is 0 Å². The Hall–Kier alpha value is -0.780. The molecule has 1 fully saturated rings. The van der Waals surface area contributed by atoms with Gasteiger partial charge in [0.25, 0.3) is 0 Å². The monoisotopic (exact) mass is 501 g/mol. The zero-order valence-electron chi connectivity index (χ0n) is 14.4. The Balaban J connectivity index is 0.00000312. The number of guanidine groups is 1. The van der Waals surface area contributed by atoms with Crippen molar-refractivity contribution in [3.8, 4) is 0 Å². The molecule has 1 saturated heterocycles. The van der Waals surface area contributed by atoms with E-state index in [1.807, 2.05) is 29.2 Å². The summed E-state index contributed by atoms with van der Waals surface area (Å²) >= 11 is 5.91. The van der Waals surface area contributed by atoms with Crippen molar-refractivity contribution in [3.05, 3.63) is 29.3 Å². The van der Waals surface area contributed by atoms with Crippen LogP contribution in [-0.2, 0) is 10.0 Å². The van der Waals surface area contributed by atoms with Crippen molar-refractivity contribution in [2.24, 2.45) is 10.7 Å². The van der Waals surface area contributed by atoms with Gasteiger partial charge in [0.05, 0.1) is 12.3 Å². The maximum atomic E-state index is 11.7. The van der Waals surface area contributed by atoms with Crippen LogP contribution in [0, 0.1) is 0 Å². The smallest absolute Gasteiger partial charge is 0.215 e. The lowest BCUT2D eigenvalue weighted by Crippen LogP contribution is -2.51. The molecule has 0 saturated carbocycles. The van der Waals surface area contributed by atoms with Gasteiger partial charge in [-0.1, -0.05) is 11.6 Å². The molecule has 0 atom stereocenters. The first-order valence-corrected chi connectivity index (χ1v) is 9.74. The molecule has 1 aromatic rings. The van der Waals surface area contributed by atoms with Crippen LogP contribution < -0.4 is 10.6 Å². The molecule has 1 heterocycles. The maximum Gasteiger partial charge on any atom is 0.215 e. The molecule has 1 aromatic carbocycles. The topological polar surface area (TPSA) is 82.2 Å². The fourth-order valence-electron chi connectivity index (χ4n) is 2.40. The number of sulfonamides is 1. The van der Waals surface area contributed by atoms with Crippen LogP contribution >= 0.6 is 35.6 Å². The van der Waals surface area contributed by atoms with E-state index in [0.717, 1.165) is 36.9 Å². The van der Waals surface area contributed by atoms with Crippen molar-refractivity contribution in [2.45, 2.75) is 0 Å². The lowest BCUT2D eigenvalue weighted by Gasteiger charge is -2.36. The highest BCUT2D eigenvalue weighted by Crippen LogP contribution is 2.19. The van der Waals surface area contributed by atoms with Crippen LogP contribution in [0.1, 0.15) is 0 Å². The standard InChI is InChI=1S/C15H24ClN5O2S.HI/c1-19(2)24(22,23)12-7-18-15(17)21-10-8-20(9-11-21)14-5-3-13(16)4-6-14;/h3-6H,7-12H2,1-2H3,(H2,17,18);1H. The number of benzene rings is 1. The average molecular weight is 502 g/mol. The van der Waals surface area contributed by atoms with Crippen LogP contribution in [0.2, 0.25) is 5.02 Å². The van der Waals surface area contributed by atoms with Crippen molar-refractivity contribution < 1.29 is 8.42 Å². The Morgan fingerprint density at radius 2 is 1.76 bits per heavy atom. The van der Waals surface area contributed by atoms with Gasteiger partial charge in [0.1, 0.15) is 0 Å². The number of nitrogens with zero attached hydrogens (tertiary/aromatic N) is 4. The molecular formula is C15H25ClIN5O2S. The summed E-state index contributed by atoms with van der Waals surface area (Å²) in [5.41, 5.74) is 7.12. The van der Waals surface area contributed by atoms with Crippen LogP contribution in [0.15, 0.2) is 29.3 Å². The summed E-state index contributed by atoms with van der Waals surface area (Å²) in [5, 5.41) is 0.724. The van der Waals surface area contributed by atoms with Gasteiger partial charge < -0.3 is 15.5 Å². The second-order valence-electron chi connectivity index (χ2n) is 5.79. The number of anilines is 1. The van der Waals surface area contributed by atoms with Gasteiger partial charge in [0, 0.05) is 51.0 Å². The molecule has 1 aliphatic rings. The van der Waals surface area contributed by atoms with Gasteiger partial charge in [-0.15, -0.1) is 24.0 Å². The van der Waals surface area contributed by atoms with E-state index in [1.165, 1.54) is 18.4 Å². The third-order valence-corrected chi connectivity index (χ3v) is 6.04. The minimum atomic E-state index is -3.24. The molecule has 2 N–H and O–H groups in total. The second-order valence-corrected chi connectivity index (χ2v) is 8.53. The first kappa shape index (κ1) is 22.3. The molecule has 0 spiro atoms. The number of rotatable bonds is 5. The van der Waals surface area contributed by atoms with Gasteiger partial charge in [0.2, 0.25) is 10.0 Å². The van der Waals surface area contributed by atoms with E-state index >= 15 is 0 Å². The third-order valence-electron chi connectivity index (χ3n) is 3.97. The SMILES string of the molecule is CN(C)S(=O)(=O)CCN=C(N)N1CCN(c2ccc(Cl)cc2)CC1.I. The predicted molar refractivity (Wildman–Crippen MR) is 115 cm³/mol. The van der Waals surface area contributed by atoms with E-state index < -0.39 is 10.0 Å². The molecular weight excluding hydrogens is 477 g/mol. The summed E-state index contributed by atoms with van der Waals surface area (Å²) in [5.74, 6) is 0.366. The Bertz CT molecular complexity index is 674. The van der Waals surface area contributed by atoms with E-state index in [9.17, 15) is 8.42 Å². The van der Waals surface area contributed by atoms with Crippen molar-refractivity contribution in [3.63, 3.8) is 0 Å². The first-order chi connectivity index (χ1) is 11.3. The van der Waals surface area contributed by atoms with Crippen LogP contribution in [0.25, 0.3) is 0 Å². The highest BCUT2D eigenvalue weighted by Gasteiger charge is 2.19. The Morgan fingerprint density at radius 3 is 2.28 bits per heavy atom. The largest absolute Gasteiger partial charge is 0.370 e. The summed E-state index contributed by atoms with van der Waals surface area (Å²) < 4.78 is 24.6. The molecule has 7 nitrogen and oxygen atoms in total. The predicted octanol–water partition coefficient (Wildman–Crippen LogP) is 1.29. The van der Waals surface area contributed by atoms with E-state index in [1.54, 1.807) is 0 Å². The quantitative estimate of drug-likeness (QED) is 0.373. The molecule has 0 aliphatic carbocycles. The first-order valence-electron chi connectivity index (χ1n) is 7.75. The number of halogens is 2. The van der Waals surface area contributed by atoms with Crippen LogP contribution in [-0.4, -0.2) is 76.2 Å². The summed E-state index contributed by atoms with van der Waals surface area (Å²) in [6.07, 6.45) is 0. The average Bonchev–Trinajstić information content (AvgIpc) is 2.55. The number of nitrogens with two attached hydrogens (primary N) is 1. The Morgan fingerprint density at radius 1 is 1.20 bits per heavy atom. The number of hydrogen-bond donors (Lipinski definition) is 1. The molecule has 0 aromatic heterocycles. The summed E-state index contributed by atoms with van der Waals surface area (Å²) in [4.78, 5) is 8.44. The fraction of sp³-hybridized carbons (Fsp3) is 0.533. The highest BCUT2D eigenvalue weighted by atomic mass is 127. The van der Waals surface area contributed by atoms with Crippen molar-refractivity contribution in [1.82, 2.24) is 9.21 Å². The zero-order chi connectivity index (χ0) is 17.7. The van der Waals surface area contributed by atoms with E-state index in [0.29, 0.717) is 5.96 Å². The van der Waals surface area contributed by atoms with E-state index in [4.69, 9.17) is 17.3 Å². The molecule has 2 rings (SSSR count). The van der Waals surface area contributed by atoms with Crippen LogP contribution in [0.5, 0.6) is 0 Å². The summed E-state index contributed by atoms with van der Waals surface area (Å²) in [6.45, 7) is 3.32. The Labute approximate surface area is 171 Å². The lowest BCUT2D eigenvalue weighted by molar-refractivity contribution is 0.381. The molecule has 142 valence electrons. The van der Waals surface area contributed by atoms with Crippen molar-refractivity contribution in [2.75, 3.05) is 57.5 Å². The van der Waals surface area contributed by atoms with E-state index in [-0.39, 0.29) is 36.3 Å². The van der Waals surface area contributed by atoms with Crippen molar-refractivity contribution in [1.29, 1.82) is 0 Å². The van der Waals surface area contributed by atoms with Gasteiger partial charge in [-0.25, -0.2) is 12.7 Å². The fourth-order valence-corrected chi connectivity index (χ4v) is 3.22. The third kappa shape index (κ3) is 6.46. The summed E-state index contributed by atoms with van der Waals surface area (Å²) in [6, 6.07) is 7.76. The Kier molecular flexibility index (Phi) is 8.72. The van der Waals surface area contributed by atoms with Gasteiger partial charge in [-0.05, 0) is 24.3 Å². The highest BCUT2D eigenvalue weighted by molar-refractivity contribution is 14.0. The molecule has 0 radical (unpaired) electrons. The molecule has 1 aliphatic heterocycles. The summed E-state index contributed by atoms with van der Waals surface area (Å²) in [7, 11) is -0.215. The molecule has 25 heavy (non-hydrogen) atoms. The minimum Gasteiger partial charge on any atom is -0.370 e. The van der Waals surface area contributed by atoms with Crippen LogP contribution in [0.4, 0.5) is 5.69 Å². The normalized spacial score (nSPS) is 16.1. The van der Waals surface area contributed by atoms with Gasteiger partial charge in [-0.3, -0.25) is 4.99 Å². The minimum absolute atomic E-state index is 0. The lowest BCUT2D eigenvalue weighted by atomic mass is 10.2.